The molecular weight excluding hydrogens is 262 g/mol. The lowest BCUT2D eigenvalue weighted by molar-refractivity contribution is 0.725. The summed E-state index contributed by atoms with van der Waals surface area (Å²) >= 11 is 0. The van der Waals surface area contributed by atoms with Crippen molar-refractivity contribution in [2.24, 2.45) is 4.99 Å². The number of hydrogen-bond donors (Lipinski definition) is 2. The van der Waals surface area contributed by atoms with Crippen molar-refractivity contribution < 1.29 is 0 Å². The second kappa shape index (κ2) is 7.67. The first-order valence-electron chi connectivity index (χ1n) is 7.62. The van der Waals surface area contributed by atoms with Crippen LogP contribution in [0.3, 0.4) is 0 Å². The molecule has 0 aliphatic rings. The van der Waals surface area contributed by atoms with Gasteiger partial charge >= 0.3 is 0 Å². The Morgan fingerprint density at radius 3 is 2.86 bits per heavy atom. The van der Waals surface area contributed by atoms with Crippen LogP contribution < -0.4 is 10.6 Å². The molecule has 0 atom stereocenters. The summed E-state index contributed by atoms with van der Waals surface area (Å²) in [7, 11) is 1.80. The number of nitrogens with one attached hydrogen (secondary N) is 2. The molecule has 0 aliphatic carbocycles. The minimum Gasteiger partial charge on any atom is -0.356 e. The molecule has 5 nitrogen and oxygen atoms in total. The molecule has 21 heavy (non-hydrogen) atoms. The summed E-state index contributed by atoms with van der Waals surface area (Å²) in [5.41, 5.74) is 3.34. The topological polar surface area (TPSA) is 53.7 Å². The maximum absolute atomic E-state index is 4.67. The van der Waals surface area contributed by atoms with E-state index in [1.165, 1.54) is 12.0 Å². The third-order valence-electron chi connectivity index (χ3n) is 3.45. The number of fused-ring (bicyclic) bond motifs is 1. The molecule has 0 radical (unpaired) electrons. The van der Waals surface area contributed by atoms with Gasteiger partial charge in [0.25, 0.3) is 0 Å². The summed E-state index contributed by atoms with van der Waals surface area (Å²) in [5.74, 6) is 0.864. The molecule has 0 amide bonds. The Morgan fingerprint density at radius 1 is 1.33 bits per heavy atom. The van der Waals surface area contributed by atoms with E-state index in [0.717, 1.165) is 43.2 Å². The third kappa shape index (κ3) is 4.21. The molecule has 2 rings (SSSR count). The molecule has 0 spiro atoms. The smallest absolute Gasteiger partial charge is 0.190 e. The monoisotopic (exact) mass is 287 g/mol. The van der Waals surface area contributed by atoms with Crippen LogP contribution in [-0.4, -0.2) is 35.5 Å². The van der Waals surface area contributed by atoms with Crippen LogP contribution >= 0.6 is 0 Å². The SMILES string of the molecule is CCCCNC(=NC)NCCc1cn2cccc(C)c2n1. The molecule has 0 aromatic carbocycles. The van der Waals surface area contributed by atoms with Gasteiger partial charge in [-0.3, -0.25) is 4.99 Å². The van der Waals surface area contributed by atoms with Gasteiger partial charge in [0.15, 0.2) is 5.96 Å². The summed E-state index contributed by atoms with van der Waals surface area (Å²) in [6.45, 7) is 6.06. The van der Waals surface area contributed by atoms with Gasteiger partial charge in [-0.05, 0) is 25.0 Å². The third-order valence-corrected chi connectivity index (χ3v) is 3.45. The van der Waals surface area contributed by atoms with Crippen molar-refractivity contribution >= 4 is 11.6 Å². The molecule has 5 heteroatoms. The normalized spacial score (nSPS) is 11.9. The van der Waals surface area contributed by atoms with Crippen LogP contribution in [0.25, 0.3) is 5.65 Å². The first-order chi connectivity index (χ1) is 10.2. The Hall–Kier alpha value is -2.04. The van der Waals surface area contributed by atoms with Crippen molar-refractivity contribution in [2.45, 2.75) is 33.1 Å². The molecule has 0 unspecified atom stereocenters. The summed E-state index contributed by atoms with van der Waals surface area (Å²) in [5, 5.41) is 6.63. The summed E-state index contributed by atoms with van der Waals surface area (Å²) in [6, 6.07) is 4.13. The fourth-order valence-electron chi connectivity index (χ4n) is 2.24. The Balaban J connectivity index is 1.85. The van der Waals surface area contributed by atoms with E-state index in [0.29, 0.717) is 0 Å². The highest BCUT2D eigenvalue weighted by molar-refractivity contribution is 5.79. The lowest BCUT2D eigenvalue weighted by Gasteiger charge is -2.10. The summed E-state index contributed by atoms with van der Waals surface area (Å²) in [6.07, 6.45) is 7.36. The number of aromatic nitrogens is 2. The number of rotatable bonds is 6. The number of aliphatic imine (C=N–C) groups is 1. The second-order valence-electron chi connectivity index (χ2n) is 5.18. The number of guanidine groups is 1. The Morgan fingerprint density at radius 2 is 2.14 bits per heavy atom. The predicted molar refractivity (Wildman–Crippen MR) is 87.9 cm³/mol. The van der Waals surface area contributed by atoms with Gasteiger partial charge in [0.1, 0.15) is 5.65 Å². The highest BCUT2D eigenvalue weighted by Gasteiger charge is 2.04. The molecule has 0 aliphatic heterocycles. The number of nitrogens with zero attached hydrogens (tertiary/aromatic N) is 3. The first kappa shape index (κ1) is 15.4. The number of aryl methyl sites for hydroxylation is 1. The molecule has 0 bridgehead atoms. The van der Waals surface area contributed by atoms with E-state index in [2.05, 4.69) is 51.1 Å². The molecule has 2 N–H and O–H groups in total. The van der Waals surface area contributed by atoms with E-state index in [1.54, 1.807) is 7.05 Å². The largest absolute Gasteiger partial charge is 0.356 e. The van der Waals surface area contributed by atoms with Crippen LogP contribution in [0.2, 0.25) is 0 Å². The fourth-order valence-corrected chi connectivity index (χ4v) is 2.24. The van der Waals surface area contributed by atoms with E-state index in [1.807, 2.05) is 12.3 Å². The molecule has 114 valence electrons. The quantitative estimate of drug-likeness (QED) is 0.486. The standard InChI is InChI=1S/C16H25N5/c1-4-5-9-18-16(17-3)19-10-8-14-12-21-11-6-7-13(2)15(21)20-14/h6-7,11-12H,4-5,8-10H2,1-3H3,(H2,17,18,19). The first-order valence-corrected chi connectivity index (χ1v) is 7.62. The van der Waals surface area contributed by atoms with Gasteiger partial charge in [0.05, 0.1) is 5.69 Å². The highest BCUT2D eigenvalue weighted by Crippen LogP contribution is 2.09. The maximum Gasteiger partial charge on any atom is 0.190 e. The van der Waals surface area contributed by atoms with Crippen molar-refractivity contribution in [1.29, 1.82) is 0 Å². The van der Waals surface area contributed by atoms with Crippen LogP contribution in [0.15, 0.2) is 29.5 Å². The molecule has 0 saturated heterocycles. The molecule has 0 saturated carbocycles. The van der Waals surface area contributed by atoms with Gasteiger partial charge in [-0.2, -0.15) is 0 Å². The van der Waals surface area contributed by atoms with E-state index in [-0.39, 0.29) is 0 Å². The van der Waals surface area contributed by atoms with Gasteiger partial charge < -0.3 is 15.0 Å². The van der Waals surface area contributed by atoms with Crippen molar-refractivity contribution in [3.8, 4) is 0 Å². The number of imidazole rings is 1. The molecule has 2 aromatic heterocycles. The minimum atomic E-state index is 0.828. The van der Waals surface area contributed by atoms with Gasteiger partial charge in [-0.15, -0.1) is 0 Å². The van der Waals surface area contributed by atoms with Crippen molar-refractivity contribution in [1.82, 2.24) is 20.0 Å². The fraction of sp³-hybridized carbons (Fsp3) is 0.500. The average molecular weight is 287 g/mol. The Labute approximate surface area is 126 Å². The zero-order valence-corrected chi connectivity index (χ0v) is 13.2. The van der Waals surface area contributed by atoms with Crippen molar-refractivity contribution in [3.05, 3.63) is 35.8 Å². The van der Waals surface area contributed by atoms with Crippen LogP contribution in [-0.2, 0) is 6.42 Å². The van der Waals surface area contributed by atoms with Crippen LogP contribution in [0, 0.1) is 6.92 Å². The maximum atomic E-state index is 4.67. The molecular formula is C16H25N5. The number of pyridine rings is 1. The average Bonchev–Trinajstić information content (AvgIpc) is 2.90. The van der Waals surface area contributed by atoms with E-state index < -0.39 is 0 Å². The van der Waals surface area contributed by atoms with Crippen LogP contribution in [0.1, 0.15) is 31.0 Å². The summed E-state index contributed by atoms with van der Waals surface area (Å²) < 4.78 is 2.08. The minimum absolute atomic E-state index is 0.828. The van der Waals surface area contributed by atoms with Gasteiger partial charge in [0, 0.05) is 39.0 Å². The number of hydrogen-bond acceptors (Lipinski definition) is 2. The van der Waals surface area contributed by atoms with Crippen LogP contribution in [0.5, 0.6) is 0 Å². The second-order valence-corrected chi connectivity index (χ2v) is 5.18. The summed E-state index contributed by atoms with van der Waals surface area (Å²) in [4.78, 5) is 8.89. The van der Waals surface area contributed by atoms with Gasteiger partial charge in [-0.1, -0.05) is 19.4 Å². The van der Waals surface area contributed by atoms with Gasteiger partial charge in [0.2, 0.25) is 0 Å². The van der Waals surface area contributed by atoms with Crippen molar-refractivity contribution in [3.63, 3.8) is 0 Å². The zero-order valence-electron chi connectivity index (χ0n) is 13.2. The molecule has 2 heterocycles. The van der Waals surface area contributed by atoms with Gasteiger partial charge in [-0.25, -0.2) is 4.98 Å². The van der Waals surface area contributed by atoms with Crippen molar-refractivity contribution in [2.75, 3.05) is 20.1 Å². The van der Waals surface area contributed by atoms with E-state index in [9.17, 15) is 0 Å². The zero-order chi connectivity index (χ0) is 15.1. The van der Waals surface area contributed by atoms with E-state index >= 15 is 0 Å². The lowest BCUT2D eigenvalue weighted by atomic mass is 10.3. The van der Waals surface area contributed by atoms with Crippen LogP contribution in [0.4, 0.5) is 0 Å². The Kier molecular flexibility index (Phi) is 5.60. The molecule has 2 aromatic rings. The molecule has 0 fully saturated rings. The lowest BCUT2D eigenvalue weighted by Crippen LogP contribution is -2.38. The predicted octanol–water partition coefficient (Wildman–Crippen LogP) is 2.15. The Bertz CT molecular complexity index is 600. The number of unbranched alkanes of at least 4 members (excludes halogenated alkanes) is 1. The highest BCUT2D eigenvalue weighted by atomic mass is 15.2. The van der Waals surface area contributed by atoms with E-state index in [4.69, 9.17) is 0 Å².